The van der Waals surface area contributed by atoms with Crippen LogP contribution in [0.15, 0.2) is 48.5 Å². The molecule has 0 saturated heterocycles. The van der Waals surface area contributed by atoms with E-state index in [9.17, 15) is 0 Å². The van der Waals surface area contributed by atoms with Gasteiger partial charge in [0.2, 0.25) is 0 Å². The largest absolute Gasteiger partial charge is 0.481 e. The summed E-state index contributed by atoms with van der Waals surface area (Å²) in [5.74, 6) is 0.857. The zero-order valence-corrected chi connectivity index (χ0v) is 10.8. The molecule has 1 aliphatic heterocycles. The first-order valence-corrected chi connectivity index (χ1v) is 6.32. The fourth-order valence-corrected chi connectivity index (χ4v) is 2.18. The van der Waals surface area contributed by atoms with Crippen LogP contribution in [0.25, 0.3) is 11.1 Å². The minimum Gasteiger partial charge on any atom is -0.481 e. The highest BCUT2D eigenvalue weighted by Crippen LogP contribution is 2.34. The molecule has 3 rings (SSSR count). The van der Waals surface area contributed by atoms with Crippen LogP contribution in [0.4, 0.5) is 5.69 Å². The zero-order chi connectivity index (χ0) is 12.5. The van der Waals surface area contributed by atoms with Crippen LogP contribution >= 0.6 is 12.2 Å². The zero-order valence-electron chi connectivity index (χ0n) is 10.0. The van der Waals surface area contributed by atoms with Gasteiger partial charge in [0.25, 0.3) is 0 Å². The summed E-state index contributed by atoms with van der Waals surface area (Å²) in [5.41, 5.74) is 3.29. The molecule has 0 amide bonds. The molecule has 0 radical (unpaired) electrons. The second-order valence-electron chi connectivity index (χ2n) is 4.33. The molecule has 0 saturated carbocycles. The van der Waals surface area contributed by atoms with Gasteiger partial charge in [0.1, 0.15) is 16.8 Å². The van der Waals surface area contributed by atoms with Crippen molar-refractivity contribution in [1.82, 2.24) is 0 Å². The van der Waals surface area contributed by atoms with Gasteiger partial charge in [-0.15, -0.1) is 0 Å². The summed E-state index contributed by atoms with van der Waals surface area (Å²) in [4.78, 5) is 0.729. The Morgan fingerprint density at radius 3 is 2.61 bits per heavy atom. The van der Waals surface area contributed by atoms with E-state index in [-0.39, 0.29) is 6.10 Å². The summed E-state index contributed by atoms with van der Waals surface area (Å²) < 4.78 is 5.73. The molecule has 1 atom stereocenters. The molecule has 18 heavy (non-hydrogen) atoms. The molecule has 0 spiro atoms. The third-order valence-electron chi connectivity index (χ3n) is 3.02. The maximum atomic E-state index is 5.73. The van der Waals surface area contributed by atoms with E-state index in [1.54, 1.807) is 0 Å². The van der Waals surface area contributed by atoms with Gasteiger partial charge in [0.05, 0.1) is 5.69 Å². The van der Waals surface area contributed by atoms with Crippen LogP contribution < -0.4 is 10.1 Å². The van der Waals surface area contributed by atoms with Gasteiger partial charge in [-0.3, -0.25) is 0 Å². The summed E-state index contributed by atoms with van der Waals surface area (Å²) in [5, 5.41) is 3.23. The standard InChI is InChI=1S/C15H13NOS/c1-10-15(18)16-13-9-12(7-8-14(13)17-10)11-5-3-2-4-6-11/h2-10H,1H3,(H,16,18)/t10-/m0/s1. The second-order valence-corrected chi connectivity index (χ2v) is 4.77. The molecule has 2 aromatic rings. The van der Waals surface area contributed by atoms with Crippen molar-refractivity contribution in [2.75, 3.05) is 5.32 Å². The molecule has 0 aromatic heterocycles. The van der Waals surface area contributed by atoms with E-state index in [4.69, 9.17) is 17.0 Å². The Morgan fingerprint density at radius 2 is 1.83 bits per heavy atom. The predicted octanol–water partition coefficient (Wildman–Crippen LogP) is 3.87. The Morgan fingerprint density at radius 1 is 1.06 bits per heavy atom. The molecular formula is C15H13NOS. The summed E-state index contributed by atoms with van der Waals surface area (Å²) in [6.07, 6.45) is -0.0601. The Labute approximate surface area is 112 Å². The Hall–Kier alpha value is -1.87. The van der Waals surface area contributed by atoms with Gasteiger partial charge in [-0.05, 0) is 30.2 Å². The van der Waals surface area contributed by atoms with Gasteiger partial charge in [-0.1, -0.05) is 48.6 Å². The molecule has 0 aliphatic carbocycles. The average molecular weight is 255 g/mol. The van der Waals surface area contributed by atoms with Gasteiger partial charge >= 0.3 is 0 Å². The van der Waals surface area contributed by atoms with Crippen LogP contribution in [0.1, 0.15) is 6.92 Å². The fraction of sp³-hybridized carbons (Fsp3) is 0.133. The highest BCUT2D eigenvalue weighted by atomic mass is 32.1. The molecule has 0 bridgehead atoms. The monoisotopic (exact) mass is 255 g/mol. The van der Waals surface area contributed by atoms with Crippen molar-refractivity contribution in [3.8, 4) is 16.9 Å². The van der Waals surface area contributed by atoms with Crippen LogP contribution in [-0.4, -0.2) is 11.1 Å². The molecule has 90 valence electrons. The van der Waals surface area contributed by atoms with Gasteiger partial charge in [0, 0.05) is 0 Å². The van der Waals surface area contributed by atoms with Crippen LogP contribution in [-0.2, 0) is 0 Å². The molecule has 0 fully saturated rings. The van der Waals surface area contributed by atoms with E-state index in [2.05, 4.69) is 29.6 Å². The first-order chi connectivity index (χ1) is 8.74. The summed E-state index contributed by atoms with van der Waals surface area (Å²) in [6.45, 7) is 1.95. The van der Waals surface area contributed by atoms with Crippen molar-refractivity contribution in [1.29, 1.82) is 0 Å². The number of rotatable bonds is 1. The van der Waals surface area contributed by atoms with Gasteiger partial charge in [-0.25, -0.2) is 0 Å². The van der Waals surface area contributed by atoms with Gasteiger partial charge < -0.3 is 10.1 Å². The first kappa shape index (κ1) is 11.2. The fourth-order valence-electron chi connectivity index (χ4n) is 2.02. The van der Waals surface area contributed by atoms with E-state index < -0.39 is 0 Å². The van der Waals surface area contributed by atoms with Crippen molar-refractivity contribution in [2.45, 2.75) is 13.0 Å². The lowest BCUT2D eigenvalue weighted by atomic mass is 10.0. The summed E-state index contributed by atoms with van der Waals surface area (Å²) in [7, 11) is 0. The highest BCUT2D eigenvalue weighted by molar-refractivity contribution is 7.80. The molecule has 2 aromatic carbocycles. The Bertz CT molecular complexity index is 595. The highest BCUT2D eigenvalue weighted by Gasteiger charge is 2.20. The number of fused-ring (bicyclic) bond motifs is 1. The number of ether oxygens (including phenoxy) is 1. The maximum absolute atomic E-state index is 5.73. The Kier molecular flexibility index (Phi) is 2.76. The number of hydrogen-bond donors (Lipinski definition) is 1. The number of benzene rings is 2. The number of nitrogens with one attached hydrogen (secondary N) is 1. The van der Waals surface area contributed by atoms with E-state index in [1.807, 2.05) is 31.2 Å². The smallest absolute Gasteiger partial charge is 0.146 e. The third-order valence-corrected chi connectivity index (χ3v) is 3.45. The molecule has 3 heteroatoms. The van der Waals surface area contributed by atoms with Crippen molar-refractivity contribution in [3.63, 3.8) is 0 Å². The van der Waals surface area contributed by atoms with Crippen molar-refractivity contribution in [3.05, 3.63) is 48.5 Å². The minimum atomic E-state index is -0.0601. The Balaban J connectivity index is 2.02. The van der Waals surface area contributed by atoms with Crippen molar-refractivity contribution >= 4 is 22.9 Å². The molecular weight excluding hydrogens is 242 g/mol. The lowest BCUT2D eigenvalue weighted by molar-refractivity contribution is 0.286. The van der Waals surface area contributed by atoms with Gasteiger partial charge in [0.15, 0.2) is 0 Å². The topological polar surface area (TPSA) is 21.3 Å². The molecule has 1 N–H and O–H groups in total. The van der Waals surface area contributed by atoms with E-state index in [0.29, 0.717) is 0 Å². The number of anilines is 1. The van der Waals surface area contributed by atoms with Crippen LogP contribution in [0.3, 0.4) is 0 Å². The molecule has 1 heterocycles. The molecule has 2 nitrogen and oxygen atoms in total. The number of thiocarbonyl (C=S) groups is 1. The lowest BCUT2D eigenvalue weighted by Crippen LogP contribution is -2.32. The quantitative estimate of drug-likeness (QED) is 0.781. The SMILES string of the molecule is C[C@@H]1Oc2ccc(-c3ccccc3)cc2NC1=S. The summed E-state index contributed by atoms with van der Waals surface area (Å²) >= 11 is 5.23. The second kappa shape index (κ2) is 4.42. The third kappa shape index (κ3) is 1.97. The van der Waals surface area contributed by atoms with Crippen LogP contribution in [0.5, 0.6) is 5.75 Å². The normalized spacial score (nSPS) is 17.6. The summed E-state index contributed by atoms with van der Waals surface area (Å²) in [6, 6.07) is 16.4. The van der Waals surface area contributed by atoms with Crippen LogP contribution in [0.2, 0.25) is 0 Å². The van der Waals surface area contributed by atoms with E-state index >= 15 is 0 Å². The predicted molar refractivity (Wildman–Crippen MR) is 78.2 cm³/mol. The average Bonchev–Trinajstić information content (AvgIpc) is 2.41. The van der Waals surface area contributed by atoms with Gasteiger partial charge in [-0.2, -0.15) is 0 Å². The van der Waals surface area contributed by atoms with Crippen molar-refractivity contribution in [2.24, 2.45) is 0 Å². The van der Waals surface area contributed by atoms with E-state index in [0.717, 1.165) is 22.0 Å². The maximum Gasteiger partial charge on any atom is 0.146 e. The van der Waals surface area contributed by atoms with Crippen LogP contribution in [0, 0.1) is 0 Å². The molecule has 0 unspecified atom stereocenters. The van der Waals surface area contributed by atoms with E-state index in [1.165, 1.54) is 5.56 Å². The first-order valence-electron chi connectivity index (χ1n) is 5.91. The number of hydrogen-bond acceptors (Lipinski definition) is 2. The minimum absolute atomic E-state index is 0.0601. The van der Waals surface area contributed by atoms with Crippen molar-refractivity contribution < 1.29 is 4.74 Å². The molecule has 1 aliphatic rings. The lowest BCUT2D eigenvalue weighted by Gasteiger charge is -2.25.